The second-order valence-electron chi connectivity index (χ2n) is 4.27. The van der Waals surface area contributed by atoms with Gasteiger partial charge in [-0.15, -0.1) is 0 Å². The third-order valence-corrected chi connectivity index (χ3v) is 3.28. The first-order chi connectivity index (χ1) is 7.66. The lowest BCUT2D eigenvalue weighted by Crippen LogP contribution is -2.42. The number of nitrogens with zero attached hydrogens (tertiary/aromatic N) is 2. The average Bonchev–Trinajstić information content (AvgIpc) is 2.29. The summed E-state index contributed by atoms with van der Waals surface area (Å²) < 4.78 is 5.53. The van der Waals surface area contributed by atoms with E-state index < -0.39 is 0 Å². The van der Waals surface area contributed by atoms with Crippen LogP contribution in [0.5, 0.6) is 0 Å². The molecule has 0 bridgehead atoms. The molecule has 1 fully saturated rings. The van der Waals surface area contributed by atoms with Gasteiger partial charge in [0.2, 0.25) is 0 Å². The Bertz CT molecular complexity index is 341. The zero-order chi connectivity index (χ0) is 11.5. The molecule has 1 aliphatic heterocycles. The molecule has 0 radical (unpaired) electrons. The van der Waals surface area contributed by atoms with Gasteiger partial charge in [0.25, 0.3) is 0 Å². The molecular weight excluding hydrogens is 224 g/mol. The number of hydrogen-bond donors (Lipinski definition) is 0. The van der Waals surface area contributed by atoms with Gasteiger partial charge >= 0.3 is 0 Å². The molecule has 88 valence electrons. The number of hydrogen-bond acceptors (Lipinski definition) is 3. The van der Waals surface area contributed by atoms with E-state index in [2.05, 4.69) is 23.7 Å². The summed E-state index contributed by atoms with van der Waals surface area (Å²) in [6, 6.07) is 4.26. The van der Waals surface area contributed by atoms with Gasteiger partial charge in [0.15, 0.2) is 0 Å². The van der Waals surface area contributed by atoms with E-state index in [9.17, 15) is 0 Å². The molecule has 0 N–H and O–H groups in total. The highest BCUT2D eigenvalue weighted by atomic mass is 35.5. The predicted octanol–water partition coefficient (Wildman–Crippen LogP) is 2.52. The van der Waals surface area contributed by atoms with Crippen LogP contribution in [0.2, 0.25) is 5.15 Å². The van der Waals surface area contributed by atoms with Crippen LogP contribution in [-0.4, -0.2) is 35.7 Å². The van der Waals surface area contributed by atoms with Crippen LogP contribution in [0, 0.1) is 0 Å². The zero-order valence-electron chi connectivity index (χ0n) is 9.69. The van der Waals surface area contributed by atoms with Crippen molar-refractivity contribution >= 4 is 11.6 Å². The highest BCUT2D eigenvalue weighted by Gasteiger charge is 2.22. The van der Waals surface area contributed by atoms with Crippen molar-refractivity contribution in [2.45, 2.75) is 26.0 Å². The molecule has 1 aromatic rings. The minimum absolute atomic E-state index is 0.316. The monoisotopic (exact) mass is 240 g/mol. The van der Waals surface area contributed by atoms with E-state index in [1.54, 1.807) is 0 Å². The summed E-state index contributed by atoms with van der Waals surface area (Å²) in [5, 5.41) is 0.547. The molecule has 1 saturated heterocycles. The molecule has 2 heterocycles. The lowest BCUT2D eigenvalue weighted by atomic mass is 10.1. The van der Waals surface area contributed by atoms with Gasteiger partial charge in [-0.2, -0.15) is 0 Å². The van der Waals surface area contributed by atoms with Crippen molar-refractivity contribution in [2.75, 3.05) is 19.7 Å². The average molecular weight is 241 g/mol. The predicted molar refractivity (Wildman–Crippen MR) is 64.6 cm³/mol. The van der Waals surface area contributed by atoms with E-state index in [4.69, 9.17) is 16.3 Å². The summed E-state index contributed by atoms with van der Waals surface area (Å²) in [5.74, 6) is 0. The highest BCUT2D eigenvalue weighted by Crippen LogP contribution is 2.22. The fraction of sp³-hybridized carbons (Fsp3) is 0.583. The van der Waals surface area contributed by atoms with E-state index in [1.807, 2.05) is 18.3 Å². The summed E-state index contributed by atoms with van der Waals surface area (Å²) in [5.41, 5.74) is 1.21. The molecule has 0 aromatic carbocycles. The third-order valence-electron chi connectivity index (χ3n) is 3.05. The Hall–Kier alpha value is -0.640. The van der Waals surface area contributed by atoms with Crippen LogP contribution in [0.15, 0.2) is 18.3 Å². The Morgan fingerprint density at radius 1 is 1.56 bits per heavy atom. The Labute approximate surface area is 101 Å². The van der Waals surface area contributed by atoms with Crippen LogP contribution >= 0.6 is 11.6 Å². The Balaban J connectivity index is 2.06. The van der Waals surface area contributed by atoms with Crippen molar-refractivity contribution in [3.8, 4) is 0 Å². The molecule has 2 rings (SSSR count). The normalized spacial score (nSPS) is 24.3. The molecule has 2 unspecified atom stereocenters. The quantitative estimate of drug-likeness (QED) is 0.743. The van der Waals surface area contributed by atoms with Gasteiger partial charge in [0.05, 0.1) is 12.7 Å². The highest BCUT2D eigenvalue weighted by molar-refractivity contribution is 6.29. The number of ether oxygens (including phenoxy) is 1. The minimum Gasteiger partial charge on any atom is -0.376 e. The van der Waals surface area contributed by atoms with E-state index >= 15 is 0 Å². The number of aromatic nitrogens is 1. The van der Waals surface area contributed by atoms with Crippen LogP contribution < -0.4 is 0 Å². The van der Waals surface area contributed by atoms with Gasteiger partial charge in [0.1, 0.15) is 5.15 Å². The summed E-state index contributed by atoms with van der Waals surface area (Å²) in [6.07, 6.45) is 2.17. The molecule has 2 atom stereocenters. The molecular formula is C12H17ClN2O. The molecule has 1 aliphatic rings. The summed E-state index contributed by atoms with van der Waals surface area (Å²) >= 11 is 5.78. The molecule has 16 heavy (non-hydrogen) atoms. The lowest BCUT2D eigenvalue weighted by Gasteiger charge is -2.35. The molecule has 0 saturated carbocycles. The molecule has 0 aliphatic carbocycles. The van der Waals surface area contributed by atoms with Crippen molar-refractivity contribution in [2.24, 2.45) is 0 Å². The summed E-state index contributed by atoms with van der Waals surface area (Å²) in [6.45, 7) is 7.08. The van der Waals surface area contributed by atoms with Gasteiger partial charge in [-0.25, -0.2) is 4.98 Å². The van der Waals surface area contributed by atoms with Gasteiger partial charge in [0, 0.05) is 25.3 Å². The van der Waals surface area contributed by atoms with E-state index in [0.717, 1.165) is 19.7 Å². The fourth-order valence-electron chi connectivity index (χ4n) is 2.04. The Morgan fingerprint density at radius 3 is 3.00 bits per heavy atom. The van der Waals surface area contributed by atoms with Crippen LogP contribution in [0.25, 0.3) is 0 Å². The van der Waals surface area contributed by atoms with Crippen molar-refractivity contribution in [3.05, 3.63) is 29.0 Å². The van der Waals surface area contributed by atoms with Crippen LogP contribution in [-0.2, 0) is 4.74 Å². The summed E-state index contributed by atoms with van der Waals surface area (Å²) in [7, 11) is 0. The first-order valence-electron chi connectivity index (χ1n) is 5.64. The van der Waals surface area contributed by atoms with Crippen LogP contribution in [0.3, 0.4) is 0 Å². The number of rotatable bonds is 2. The van der Waals surface area contributed by atoms with E-state index in [0.29, 0.717) is 17.3 Å². The largest absolute Gasteiger partial charge is 0.376 e. The molecule has 3 nitrogen and oxygen atoms in total. The van der Waals surface area contributed by atoms with Crippen LogP contribution in [0.1, 0.15) is 25.5 Å². The zero-order valence-corrected chi connectivity index (χ0v) is 10.4. The van der Waals surface area contributed by atoms with E-state index in [-0.39, 0.29) is 0 Å². The third kappa shape index (κ3) is 2.73. The number of pyridine rings is 1. The standard InChI is InChI=1S/C12H17ClN2O/c1-9-8-15(5-6-16-9)10(2)11-3-4-12(13)14-7-11/h3-4,7,9-10H,5-6,8H2,1-2H3. The second-order valence-corrected chi connectivity index (χ2v) is 4.65. The maximum absolute atomic E-state index is 5.78. The Morgan fingerprint density at radius 2 is 2.38 bits per heavy atom. The number of halogens is 1. The van der Waals surface area contributed by atoms with Gasteiger partial charge < -0.3 is 4.74 Å². The lowest BCUT2D eigenvalue weighted by molar-refractivity contribution is -0.0319. The van der Waals surface area contributed by atoms with Crippen molar-refractivity contribution in [1.29, 1.82) is 0 Å². The molecule has 4 heteroatoms. The Kier molecular flexibility index (Phi) is 3.79. The first-order valence-corrected chi connectivity index (χ1v) is 6.01. The minimum atomic E-state index is 0.316. The van der Waals surface area contributed by atoms with Crippen molar-refractivity contribution in [3.63, 3.8) is 0 Å². The molecule has 0 spiro atoms. The second kappa shape index (κ2) is 5.13. The first kappa shape index (κ1) is 11.8. The molecule has 1 aromatic heterocycles. The van der Waals surface area contributed by atoms with Gasteiger partial charge in [-0.1, -0.05) is 17.7 Å². The molecule has 0 amide bonds. The van der Waals surface area contributed by atoms with Crippen LogP contribution in [0.4, 0.5) is 0 Å². The van der Waals surface area contributed by atoms with Crippen molar-refractivity contribution in [1.82, 2.24) is 9.88 Å². The smallest absolute Gasteiger partial charge is 0.129 e. The van der Waals surface area contributed by atoms with Gasteiger partial charge in [-0.3, -0.25) is 4.90 Å². The van der Waals surface area contributed by atoms with Gasteiger partial charge in [-0.05, 0) is 25.5 Å². The van der Waals surface area contributed by atoms with Crippen molar-refractivity contribution < 1.29 is 4.74 Å². The van der Waals surface area contributed by atoms with E-state index in [1.165, 1.54) is 5.56 Å². The maximum Gasteiger partial charge on any atom is 0.129 e. The fourth-order valence-corrected chi connectivity index (χ4v) is 2.15. The maximum atomic E-state index is 5.78. The SMILES string of the molecule is CC1CN(C(C)c2ccc(Cl)nc2)CCO1. The topological polar surface area (TPSA) is 25.4 Å². The number of morpholine rings is 1. The summed E-state index contributed by atoms with van der Waals surface area (Å²) in [4.78, 5) is 6.54.